The van der Waals surface area contributed by atoms with E-state index >= 15 is 0 Å². The molecule has 0 aromatic heterocycles. The van der Waals surface area contributed by atoms with E-state index in [1.54, 1.807) is 32.0 Å². The SMILES string of the molecule is CC(=O)C(C)NC(=O)c1ccc(Cl)cc1C. The first kappa shape index (κ1) is 12.7. The Morgan fingerprint density at radius 2 is 2.00 bits per heavy atom. The summed E-state index contributed by atoms with van der Waals surface area (Å²) in [6.07, 6.45) is 0. The molecule has 0 heterocycles. The first-order valence-corrected chi connectivity index (χ1v) is 5.37. The molecular weight excluding hydrogens is 226 g/mol. The lowest BCUT2D eigenvalue weighted by Crippen LogP contribution is -2.37. The van der Waals surface area contributed by atoms with Crippen molar-refractivity contribution in [2.24, 2.45) is 0 Å². The largest absolute Gasteiger partial charge is 0.343 e. The van der Waals surface area contributed by atoms with Gasteiger partial charge in [-0.1, -0.05) is 11.6 Å². The Kier molecular flexibility index (Phi) is 4.07. The molecule has 0 bridgehead atoms. The van der Waals surface area contributed by atoms with Gasteiger partial charge in [-0.15, -0.1) is 0 Å². The van der Waals surface area contributed by atoms with Crippen LogP contribution in [0.1, 0.15) is 29.8 Å². The van der Waals surface area contributed by atoms with Gasteiger partial charge in [0.2, 0.25) is 0 Å². The normalized spacial score (nSPS) is 12.0. The van der Waals surface area contributed by atoms with Crippen molar-refractivity contribution < 1.29 is 9.59 Å². The van der Waals surface area contributed by atoms with Crippen LogP contribution in [0.5, 0.6) is 0 Å². The van der Waals surface area contributed by atoms with Gasteiger partial charge in [-0.2, -0.15) is 0 Å². The van der Waals surface area contributed by atoms with Crippen molar-refractivity contribution >= 4 is 23.3 Å². The van der Waals surface area contributed by atoms with Crippen molar-refractivity contribution in [1.29, 1.82) is 0 Å². The number of hydrogen-bond acceptors (Lipinski definition) is 2. The molecule has 0 saturated carbocycles. The molecule has 4 heteroatoms. The van der Waals surface area contributed by atoms with Gasteiger partial charge in [-0.25, -0.2) is 0 Å². The van der Waals surface area contributed by atoms with Crippen molar-refractivity contribution in [3.63, 3.8) is 0 Å². The van der Waals surface area contributed by atoms with Crippen LogP contribution < -0.4 is 5.32 Å². The van der Waals surface area contributed by atoms with Crippen LogP contribution >= 0.6 is 11.6 Å². The first-order valence-electron chi connectivity index (χ1n) is 4.99. The molecule has 0 aliphatic carbocycles. The highest BCUT2D eigenvalue weighted by Gasteiger charge is 2.14. The van der Waals surface area contributed by atoms with Crippen molar-refractivity contribution in [3.8, 4) is 0 Å². The fraction of sp³-hybridized carbons (Fsp3) is 0.333. The predicted octanol–water partition coefficient (Wildman–Crippen LogP) is 2.36. The van der Waals surface area contributed by atoms with Gasteiger partial charge in [-0.05, 0) is 44.5 Å². The fourth-order valence-electron chi connectivity index (χ4n) is 1.26. The second-order valence-corrected chi connectivity index (χ2v) is 4.20. The number of carbonyl (C=O) groups is 2. The van der Waals surface area contributed by atoms with E-state index in [1.807, 2.05) is 0 Å². The van der Waals surface area contributed by atoms with E-state index in [1.165, 1.54) is 6.92 Å². The summed E-state index contributed by atoms with van der Waals surface area (Å²) in [5, 5.41) is 3.22. The van der Waals surface area contributed by atoms with E-state index in [0.29, 0.717) is 10.6 Å². The van der Waals surface area contributed by atoms with Gasteiger partial charge >= 0.3 is 0 Å². The van der Waals surface area contributed by atoms with E-state index in [2.05, 4.69) is 5.32 Å². The quantitative estimate of drug-likeness (QED) is 0.880. The molecule has 1 aromatic carbocycles. The Morgan fingerprint density at radius 1 is 1.38 bits per heavy atom. The lowest BCUT2D eigenvalue weighted by Gasteiger charge is -2.12. The van der Waals surface area contributed by atoms with Crippen LogP contribution in [-0.2, 0) is 4.79 Å². The number of benzene rings is 1. The average Bonchev–Trinajstić information content (AvgIpc) is 2.16. The molecule has 0 spiro atoms. The molecule has 0 aliphatic rings. The smallest absolute Gasteiger partial charge is 0.252 e. The third-order valence-corrected chi connectivity index (χ3v) is 2.63. The molecule has 86 valence electrons. The topological polar surface area (TPSA) is 46.2 Å². The summed E-state index contributed by atoms with van der Waals surface area (Å²) in [6, 6.07) is 4.55. The number of hydrogen-bond donors (Lipinski definition) is 1. The van der Waals surface area contributed by atoms with Crippen LogP contribution in [0.2, 0.25) is 5.02 Å². The number of carbonyl (C=O) groups excluding carboxylic acids is 2. The molecule has 16 heavy (non-hydrogen) atoms. The number of ketones is 1. The van der Waals surface area contributed by atoms with Gasteiger partial charge in [0.15, 0.2) is 5.78 Å². The highest BCUT2D eigenvalue weighted by atomic mass is 35.5. The molecule has 0 radical (unpaired) electrons. The zero-order chi connectivity index (χ0) is 12.3. The molecule has 1 rings (SSSR count). The molecule has 1 amide bonds. The summed E-state index contributed by atoms with van der Waals surface area (Å²) >= 11 is 5.79. The number of rotatable bonds is 3. The van der Waals surface area contributed by atoms with Crippen LogP contribution in [-0.4, -0.2) is 17.7 Å². The van der Waals surface area contributed by atoms with Crippen LogP contribution in [0.4, 0.5) is 0 Å². The third kappa shape index (κ3) is 3.07. The van der Waals surface area contributed by atoms with Crippen molar-refractivity contribution in [2.45, 2.75) is 26.8 Å². The standard InChI is InChI=1S/C12H14ClNO2/c1-7-6-10(13)4-5-11(7)12(16)14-8(2)9(3)15/h4-6,8H,1-3H3,(H,14,16). The van der Waals surface area contributed by atoms with Gasteiger partial charge < -0.3 is 5.32 Å². The summed E-state index contributed by atoms with van der Waals surface area (Å²) in [4.78, 5) is 22.8. The zero-order valence-electron chi connectivity index (χ0n) is 9.50. The van der Waals surface area contributed by atoms with Crippen LogP contribution in [0.15, 0.2) is 18.2 Å². The highest BCUT2D eigenvalue weighted by molar-refractivity contribution is 6.30. The van der Waals surface area contributed by atoms with E-state index < -0.39 is 6.04 Å². The summed E-state index contributed by atoms with van der Waals surface area (Å²) in [5.74, 6) is -0.322. The molecule has 1 atom stereocenters. The van der Waals surface area contributed by atoms with Gasteiger partial charge in [-0.3, -0.25) is 9.59 Å². The minimum atomic E-state index is -0.470. The lowest BCUT2D eigenvalue weighted by molar-refractivity contribution is -0.118. The monoisotopic (exact) mass is 239 g/mol. The Labute approximate surface area is 99.8 Å². The number of Topliss-reactive ketones (excluding diaryl/α,β-unsaturated/α-hetero) is 1. The minimum absolute atomic E-state index is 0.0695. The Morgan fingerprint density at radius 3 is 2.50 bits per heavy atom. The zero-order valence-corrected chi connectivity index (χ0v) is 10.3. The molecule has 0 saturated heterocycles. The Hall–Kier alpha value is -1.35. The first-order chi connectivity index (χ1) is 7.41. The molecule has 1 unspecified atom stereocenters. The number of nitrogens with one attached hydrogen (secondary N) is 1. The van der Waals surface area contributed by atoms with Crippen LogP contribution in [0, 0.1) is 6.92 Å². The maximum Gasteiger partial charge on any atom is 0.252 e. The summed E-state index contributed by atoms with van der Waals surface area (Å²) in [5.41, 5.74) is 1.33. The second-order valence-electron chi connectivity index (χ2n) is 3.77. The molecule has 0 fully saturated rings. The number of aryl methyl sites for hydroxylation is 1. The van der Waals surface area contributed by atoms with Gasteiger partial charge in [0, 0.05) is 10.6 Å². The fourth-order valence-corrected chi connectivity index (χ4v) is 1.48. The van der Waals surface area contributed by atoms with E-state index in [-0.39, 0.29) is 11.7 Å². The van der Waals surface area contributed by atoms with Crippen molar-refractivity contribution in [2.75, 3.05) is 0 Å². The molecule has 1 N–H and O–H groups in total. The maximum atomic E-state index is 11.8. The predicted molar refractivity (Wildman–Crippen MR) is 63.8 cm³/mol. The third-order valence-electron chi connectivity index (χ3n) is 2.39. The molecule has 3 nitrogen and oxygen atoms in total. The highest BCUT2D eigenvalue weighted by Crippen LogP contribution is 2.15. The van der Waals surface area contributed by atoms with Crippen LogP contribution in [0.3, 0.4) is 0 Å². The summed E-state index contributed by atoms with van der Waals surface area (Å²) < 4.78 is 0. The van der Waals surface area contributed by atoms with Crippen molar-refractivity contribution in [3.05, 3.63) is 34.3 Å². The molecular formula is C12H14ClNO2. The number of amides is 1. The van der Waals surface area contributed by atoms with Gasteiger partial charge in [0.1, 0.15) is 0 Å². The lowest BCUT2D eigenvalue weighted by atomic mass is 10.1. The average molecular weight is 240 g/mol. The van der Waals surface area contributed by atoms with Crippen LogP contribution in [0.25, 0.3) is 0 Å². The Bertz CT molecular complexity index is 429. The molecule has 0 aliphatic heterocycles. The summed E-state index contributed by atoms with van der Waals surface area (Å²) in [7, 11) is 0. The van der Waals surface area contributed by atoms with Gasteiger partial charge in [0.05, 0.1) is 6.04 Å². The Balaban J connectivity index is 2.85. The minimum Gasteiger partial charge on any atom is -0.343 e. The number of halogens is 1. The van der Waals surface area contributed by atoms with Gasteiger partial charge in [0.25, 0.3) is 5.91 Å². The van der Waals surface area contributed by atoms with E-state index in [9.17, 15) is 9.59 Å². The van der Waals surface area contributed by atoms with Crippen molar-refractivity contribution in [1.82, 2.24) is 5.32 Å². The van der Waals surface area contributed by atoms with E-state index in [0.717, 1.165) is 5.56 Å². The molecule has 1 aromatic rings. The maximum absolute atomic E-state index is 11.8. The van der Waals surface area contributed by atoms with E-state index in [4.69, 9.17) is 11.6 Å². The second kappa shape index (κ2) is 5.12. The summed E-state index contributed by atoms with van der Waals surface area (Å²) in [6.45, 7) is 4.91.